The van der Waals surface area contributed by atoms with Crippen LogP contribution in [-0.2, 0) is 0 Å². The summed E-state index contributed by atoms with van der Waals surface area (Å²) in [6.07, 6.45) is 10.3. The summed E-state index contributed by atoms with van der Waals surface area (Å²) in [4.78, 5) is 8.66. The number of rotatable bonds is 5. The third-order valence-electron chi connectivity index (χ3n) is 4.02. The number of nitrogens with zero attached hydrogens (tertiary/aromatic N) is 2. The summed E-state index contributed by atoms with van der Waals surface area (Å²) in [5.74, 6) is 1.72. The van der Waals surface area contributed by atoms with Crippen LogP contribution in [0.25, 0.3) is 0 Å². The number of hydrogen-bond donors (Lipinski definition) is 1. The molecule has 1 aromatic rings. The van der Waals surface area contributed by atoms with Crippen molar-refractivity contribution < 1.29 is 0 Å². The zero-order valence-electron chi connectivity index (χ0n) is 11.9. The monoisotopic (exact) mass is 247 g/mol. The fourth-order valence-corrected chi connectivity index (χ4v) is 3.30. The Kier molecular flexibility index (Phi) is 4.20. The van der Waals surface area contributed by atoms with E-state index in [1.54, 1.807) is 12.4 Å². The number of anilines is 1. The quantitative estimate of drug-likeness (QED) is 0.860. The lowest BCUT2D eigenvalue weighted by Gasteiger charge is -2.31. The van der Waals surface area contributed by atoms with Gasteiger partial charge in [0, 0.05) is 18.9 Å². The first kappa shape index (κ1) is 13.3. The maximum absolute atomic E-state index is 4.38. The number of hydrogen-bond acceptors (Lipinski definition) is 3. The zero-order chi connectivity index (χ0) is 13.0. The summed E-state index contributed by atoms with van der Waals surface area (Å²) in [5.41, 5.74) is 1.48. The summed E-state index contributed by atoms with van der Waals surface area (Å²) in [7, 11) is 0. The zero-order valence-corrected chi connectivity index (χ0v) is 11.9. The largest absolute Gasteiger partial charge is 0.368 e. The van der Waals surface area contributed by atoms with Gasteiger partial charge in [0.05, 0.1) is 5.69 Å². The second-order valence-electron chi connectivity index (χ2n) is 6.15. The summed E-state index contributed by atoms with van der Waals surface area (Å²) in [6, 6.07) is 0. The predicted molar refractivity (Wildman–Crippen MR) is 75.6 cm³/mol. The van der Waals surface area contributed by atoms with Gasteiger partial charge in [0.15, 0.2) is 0 Å². The van der Waals surface area contributed by atoms with Gasteiger partial charge in [-0.25, -0.2) is 4.98 Å². The minimum atomic E-state index is 0.484. The molecule has 0 bridgehead atoms. The second kappa shape index (κ2) is 5.68. The third kappa shape index (κ3) is 3.21. The third-order valence-corrected chi connectivity index (χ3v) is 4.02. The van der Waals surface area contributed by atoms with Crippen molar-refractivity contribution in [3.63, 3.8) is 0 Å². The molecule has 1 aliphatic carbocycles. The second-order valence-corrected chi connectivity index (χ2v) is 6.15. The highest BCUT2D eigenvalue weighted by Crippen LogP contribution is 2.43. The van der Waals surface area contributed by atoms with Gasteiger partial charge < -0.3 is 5.32 Å². The highest BCUT2D eigenvalue weighted by Gasteiger charge is 2.34. The number of nitrogens with one attached hydrogen (secondary N) is 1. The summed E-state index contributed by atoms with van der Waals surface area (Å²) in [6.45, 7) is 7.71. The molecular weight excluding hydrogens is 222 g/mol. The molecule has 0 aromatic carbocycles. The lowest BCUT2D eigenvalue weighted by atomic mass is 9.78. The average Bonchev–Trinajstić information content (AvgIpc) is 2.76. The van der Waals surface area contributed by atoms with Crippen molar-refractivity contribution in [3.8, 4) is 0 Å². The van der Waals surface area contributed by atoms with Crippen molar-refractivity contribution in [2.45, 2.75) is 52.9 Å². The fraction of sp³-hybridized carbons (Fsp3) is 0.733. The van der Waals surface area contributed by atoms with Gasteiger partial charge in [-0.1, -0.05) is 26.7 Å². The molecule has 0 aliphatic heterocycles. The van der Waals surface area contributed by atoms with Gasteiger partial charge in [-0.3, -0.25) is 4.98 Å². The van der Waals surface area contributed by atoms with Crippen LogP contribution in [0, 0.1) is 18.3 Å². The van der Waals surface area contributed by atoms with E-state index in [1.165, 1.54) is 32.1 Å². The van der Waals surface area contributed by atoms with Gasteiger partial charge in [-0.15, -0.1) is 0 Å². The van der Waals surface area contributed by atoms with Crippen LogP contribution in [0.15, 0.2) is 12.4 Å². The number of aryl methyl sites for hydroxylation is 1. The molecule has 0 unspecified atom stereocenters. The topological polar surface area (TPSA) is 37.8 Å². The van der Waals surface area contributed by atoms with Crippen molar-refractivity contribution in [1.82, 2.24) is 9.97 Å². The molecule has 0 atom stereocenters. The first-order valence-electron chi connectivity index (χ1n) is 7.13. The average molecular weight is 247 g/mol. The van der Waals surface area contributed by atoms with E-state index >= 15 is 0 Å². The Labute approximate surface area is 110 Å². The first-order chi connectivity index (χ1) is 8.61. The Hall–Kier alpha value is -1.12. The SMILES string of the molecule is Cc1nccnc1NCC1(CC(C)C)CCCC1. The molecule has 100 valence electrons. The predicted octanol–water partition coefficient (Wildman–Crippen LogP) is 3.80. The molecule has 1 aliphatic rings. The van der Waals surface area contributed by atoms with Crippen molar-refractivity contribution in [3.05, 3.63) is 18.1 Å². The Balaban J connectivity index is 2.00. The van der Waals surface area contributed by atoms with Crippen molar-refractivity contribution in [2.75, 3.05) is 11.9 Å². The fourth-order valence-electron chi connectivity index (χ4n) is 3.30. The molecule has 18 heavy (non-hydrogen) atoms. The molecule has 1 saturated carbocycles. The lowest BCUT2D eigenvalue weighted by molar-refractivity contribution is 0.252. The smallest absolute Gasteiger partial charge is 0.147 e. The Bertz CT molecular complexity index is 381. The van der Waals surface area contributed by atoms with Crippen molar-refractivity contribution >= 4 is 5.82 Å². The number of aromatic nitrogens is 2. The standard InChI is InChI=1S/C15H25N3/c1-12(2)10-15(6-4-5-7-15)11-18-14-13(3)16-8-9-17-14/h8-9,12H,4-7,10-11H2,1-3H3,(H,17,18). The lowest BCUT2D eigenvalue weighted by Crippen LogP contribution is -2.29. The van der Waals surface area contributed by atoms with E-state index in [1.807, 2.05) is 6.92 Å². The van der Waals surface area contributed by atoms with E-state index in [9.17, 15) is 0 Å². The maximum Gasteiger partial charge on any atom is 0.147 e. The van der Waals surface area contributed by atoms with Crippen LogP contribution in [0.5, 0.6) is 0 Å². The summed E-state index contributed by atoms with van der Waals surface area (Å²) < 4.78 is 0. The highest BCUT2D eigenvalue weighted by molar-refractivity contribution is 5.38. The molecule has 1 fully saturated rings. The normalized spacial score (nSPS) is 18.2. The van der Waals surface area contributed by atoms with Crippen molar-refractivity contribution in [2.24, 2.45) is 11.3 Å². The van der Waals surface area contributed by atoms with Crippen molar-refractivity contribution in [1.29, 1.82) is 0 Å². The first-order valence-corrected chi connectivity index (χ1v) is 7.13. The van der Waals surface area contributed by atoms with Gasteiger partial charge in [0.25, 0.3) is 0 Å². The summed E-state index contributed by atoms with van der Waals surface area (Å²) >= 11 is 0. The molecule has 0 radical (unpaired) electrons. The molecule has 1 aromatic heterocycles. The maximum atomic E-state index is 4.38. The van der Waals surface area contributed by atoms with Gasteiger partial charge in [-0.2, -0.15) is 0 Å². The summed E-state index contributed by atoms with van der Waals surface area (Å²) in [5, 5.41) is 3.53. The van der Waals surface area contributed by atoms with E-state index in [2.05, 4.69) is 29.1 Å². The molecule has 0 amide bonds. The van der Waals surface area contributed by atoms with Crippen LogP contribution in [-0.4, -0.2) is 16.5 Å². The van der Waals surface area contributed by atoms with Crippen LogP contribution in [0.1, 0.15) is 51.6 Å². The molecule has 0 spiro atoms. The minimum absolute atomic E-state index is 0.484. The molecule has 3 heteroatoms. The van der Waals surface area contributed by atoms with Crippen LogP contribution in [0.4, 0.5) is 5.82 Å². The molecule has 1 heterocycles. The Morgan fingerprint density at radius 2 is 1.89 bits per heavy atom. The minimum Gasteiger partial charge on any atom is -0.368 e. The van der Waals surface area contributed by atoms with E-state index in [0.717, 1.165) is 24.0 Å². The van der Waals surface area contributed by atoms with Gasteiger partial charge in [0.2, 0.25) is 0 Å². The molecule has 0 saturated heterocycles. The molecule has 2 rings (SSSR count). The van der Waals surface area contributed by atoms with Gasteiger partial charge in [-0.05, 0) is 37.5 Å². The Morgan fingerprint density at radius 1 is 1.22 bits per heavy atom. The van der Waals surface area contributed by atoms with Gasteiger partial charge >= 0.3 is 0 Å². The highest BCUT2D eigenvalue weighted by atomic mass is 15.0. The van der Waals surface area contributed by atoms with E-state index < -0.39 is 0 Å². The van der Waals surface area contributed by atoms with E-state index in [-0.39, 0.29) is 0 Å². The van der Waals surface area contributed by atoms with Gasteiger partial charge in [0.1, 0.15) is 5.82 Å². The molecule has 3 nitrogen and oxygen atoms in total. The van der Waals surface area contributed by atoms with Crippen LogP contribution in [0.3, 0.4) is 0 Å². The van der Waals surface area contributed by atoms with Crippen LogP contribution in [0.2, 0.25) is 0 Å². The van der Waals surface area contributed by atoms with Crippen LogP contribution >= 0.6 is 0 Å². The van der Waals surface area contributed by atoms with Crippen LogP contribution < -0.4 is 5.32 Å². The molecule has 1 N–H and O–H groups in total. The van der Waals surface area contributed by atoms with E-state index in [4.69, 9.17) is 0 Å². The van der Waals surface area contributed by atoms with E-state index in [0.29, 0.717) is 5.41 Å². The Morgan fingerprint density at radius 3 is 2.50 bits per heavy atom. The molecular formula is C15H25N3.